The Morgan fingerprint density at radius 2 is 1.81 bits per heavy atom. The molecule has 0 saturated heterocycles. The first-order valence-corrected chi connectivity index (χ1v) is 10.9. The molecular formula is C25H38O2. The first kappa shape index (κ1) is 20.4. The number of rotatable bonds is 2. The van der Waals surface area contributed by atoms with Gasteiger partial charge in [0.05, 0.1) is 0 Å². The highest BCUT2D eigenvalue weighted by Crippen LogP contribution is 2.65. The first-order valence-electron chi connectivity index (χ1n) is 10.9. The van der Waals surface area contributed by atoms with E-state index in [0.717, 1.165) is 25.7 Å². The summed E-state index contributed by atoms with van der Waals surface area (Å²) in [5.41, 5.74) is 4.05. The number of hydrogen-bond acceptors (Lipinski definition) is 1. The van der Waals surface area contributed by atoms with Crippen molar-refractivity contribution < 1.29 is 9.90 Å². The highest BCUT2D eigenvalue weighted by molar-refractivity contribution is 5.86. The van der Waals surface area contributed by atoms with E-state index in [1.165, 1.54) is 36.8 Å². The monoisotopic (exact) mass is 370 g/mol. The van der Waals surface area contributed by atoms with Crippen molar-refractivity contribution in [3.8, 4) is 0 Å². The van der Waals surface area contributed by atoms with Gasteiger partial charge in [0.1, 0.15) is 0 Å². The van der Waals surface area contributed by atoms with E-state index in [0.29, 0.717) is 35.2 Å². The summed E-state index contributed by atoms with van der Waals surface area (Å²) in [7, 11) is 0. The summed E-state index contributed by atoms with van der Waals surface area (Å²) in [4.78, 5) is 11.8. The molecule has 2 saturated carbocycles. The predicted molar refractivity (Wildman–Crippen MR) is 113 cm³/mol. The van der Waals surface area contributed by atoms with Crippen molar-refractivity contribution in [2.24, 2.45) is 28.6 Å². The quantitative estimate of drug-likeness (QED) is 0.535. The molecule has 3 aliphatic carbocycles. The molecule has 150 valence electrons. The van der Waals surface area contributed by atoms with Gasteiger partial charge in [-0.05, 0) is 100 Å². The maximum Gasteiger partial charge on any atom is 0.331 e. The van der Waals surface area contributed by atoms with E-state index in [2.05, 4.69) is 40.3 Å². The lowest BCUT2D eigenvalue weighted by atomic mass is 9.51. The van der Waals surface area contributed by atoms with Crippen LogP contribution in [0, 0.1) is 28.6 Å². The lowest BCUT2D eigenvalue weighted by Crippen LogP contribution is -2.46. The van der Waals surface area contributed by atoms with Crippen LogP contribution in [0.1, 0.15) is 85.5 Å². The molecule has 0 amide bonds. The summed E-state index contributed by atoms with van der Waals surface area (Å²) in [5.74, 6) is 1.11. The molecule has 0 radical (unpaired) electrons. The van der Waals surface area contributed by atoms with E-state index < -0.39 is 5.97 Å². The largest absolute Gasteiger partial charge is 0.478 e. The van der Waals surface area contributed by atoms with E-state index in [9.17, 15) is 9.90 Å². The summed E-state index contributed by atoms with van der Waals surface area (Å²) in [6, 6.07) is 0. The Hall–Kier alpha value is -1.31. The molecule has 27 heavy (non-hydrogen) atoms. The highest BCUT2D eigenvalue weighted by atomic mass is 16.4. The molecule has 0 aromatic carbocycles. The van der Waals surface area contributed by atoms with Gasteiger partial charge in [-0.25, -0.2) is 4.79 Å². The van der Waals surface area contributed by atoms with Gasteiger partial charge < -0.3 is 5.11 Å². The molecule has 3 rings (SSSR count). The smallest absolute Gasteiger partial charge is 0.331 e. The van der Waals surface area contributed by atoms with Crippen LogP contribution >= 0.6 is 0 Å². The molecular weight excluding hydrogens is 332 g/mol. The van der Waals surface area contributed by atoms with Gasteiger partial charge in [-0.15, -0.1) is 0 Å². The number of carboxylic acid groups (broad SMARTS) is 1. The van der Waals surface area contributed by atoms with Gasteiger partial charge in [0, 0.05) is 5.57 Å². The number of carboxylic acids is 1. The Morgan fingerprint density at radius 3 is 2.48 bits per heavy atom. The first-order chi connectivity index (χ1) is 12.7. The molecule has 3 aliphatic rings. The van der Waals surface area contributed by atoms with Crippen molar-refractivity contribution in [3.63, 3.8) is 0 Å². The molecule has 0 aromatic rings. The number of carbonyl (C=O) groups is 1. The second-order valence-corrected chi connectivity index (χ2v) is 10.3. The summed E-state index contributed by atoms with van der Waals surface area (Å²) >= 11 is 0. The van der Waals surface area contributed by atoms with Gasteiger partial charge in [-0.2, -0.15) is 0 Å². The van der Waals surface area contributed by atoms with Gasteiger partial charge in [0.2, 0.25) is 0 Å². The van der Waals surface area contributed by atoms with Gasteiger partial charge in [-0.1, -0.05) is 43.7 Å². The van der Waals surface area contributed by atoms with Crippen LogP contribution in [0.5, 0.6) is 0 Å². The average molecular weight is 371 g/mol. The van der Waals surface area contributed by atoms with Crippen LogP contribution in [0.2, 0.25) is 0 Å². The van der Waals surface area contributed by atoms with Crippen molar-refractivity contribution in [3.05, 3.63) is 35.5 Å². The number of fused-ring (bicyclic) bond motifs is 3. The van der Waals surface area contributed by atoms with Crippen LogP contribution in [0.25, 0.3) is 0 Å². The molecule has 2 fully saturated rings. The fraction of sp³-hybridized carbons (Fsp3) is 0.720. The number of allylic oxidation sites excluding steroid dienone is 4. The van der Waals surface area contributed by atoms with Gasteiger partial charge in [0.15, 0.2) is 0 Å². The molecule has 0 bridgehead atoms. The van der Waals surface area contributed by atoms with E-state index in [1.54, 1.807) is 0 Å². The van der Waals surface area contributed by atoms with Crippen molar-refractivity contribution in [1.82, 2.24) is 0 Å². The normalized spacial score (nSPS) is 40.1. The van der Waals surface area contributed by atoms with Crippen LogP contribution in [0.3, 0.4) is 0 Å². The predicted octanol–water partition coefficient (Wildman–Crippen LogP) is 6.93. The minimum Gasteiger partial charge on any atom is -0.478 e. The third kappa shape index (κ3) is 3.96. The zero-order valence-corrected chi connectivity index (χ0v) is 17.8. The lowest BCUT2D eigenvalue weighted by Gasteiger charge is -2.54. The molecule has 1 N–H and O–H groups in total. The van der Waals surface area contributed by atoms with Crippen molar-refractivity contribution >= 4 is 5.97 Å². The Balaban J connectivity index is 2.00. The molecule has 0 aliphatic heterocycles. The number of aliphatic carboxylic acids is 1. The topological polar surface area (TPSA) is 37.3 Å². The van der Waals surface area contributed by atoms with Gasteiger partial charge in [-0.3, -0.25) is 0 Å². The molecule has 5 atom stereocenters. The number of hydrogen-bond donors (Lipinski definition) is 1. The van der Waals surface area contributed by atoms with Crippen LogP contribution in [0.4, 0.5) is 0 Å². The summed E-state index contributed by atoms with van der Waals surface area (Å²) < 4.78 is 0. The summed E-state index contributed by atoms with van der Waals surface area (Å²) in [5, 5.41) is 9.70. The minimum absolute atomic E-state index is 0.275. The zero-order valence-electron chi connectivity index (χ0n) is 17.8. The third-order valence-corrected chi connectivity index (χ3v) is 8.34. The molecule has 0 spiro atoms. The van der Waals surface area contributed by atoms with Crippen LogP contribution < -0.4 is 0 Å². The maximum atomic E-state index is 11.8. The van der Waals surface area contributed by atoms with E-state index in [1.807, 2.05) is 6.08 Å². The summed E-state index contributed by atoms with van der Waals surface area (Å²) in [6.45, 7) is 13.8. The van der Waals surface area contributed by atoms with E-state index in [4.69, 9.17) is 0 Å². The Morgan fingerprint density at radius 1 is 1.11 bits per heavy atom. The molecule has 5 unspecified atom stereocenters. The second kappa shape index (κ2) is 7.60. The fourth-order valence-corrected chi connectivity index (χ4v) is 6.49. The minimum atomic E-state index is -0.723. The maximum absolute atomic E-state index is 11.8. The highest BCUT2D eigenvalue weighted by Gasteiger charge is 2.56. The van der Waals surface area contributed by atoms with Crippen LogP contribution in [-0.4, -0.2) is 11.1 Å². The van der Waals surface area contributed by atoms with Crippen molar-refractivity contribution in [2.45, 2.75) is 85.5 Å². The Kier molecular flexibility index (Phi) is 5.75. The lowest BCUT2D eigenvalue weighted by molar-refractivity contribution is -0.133. The van der Waals surface area contributed by atoms with Crippen molar-refractivity contribution in [2.75, 3.05) is 0 Å². The molecule has 2 heteroatoms. The van der Waals surface area contributed by atoms with E-state index >= 15 is 0 Å². The average Bonchev–Trinajstić information content (AvgIpc) is 2.94. The SMILES string of the molecule is C=C(C)C1CCC2(C)CCC3(C)CC=C(C)CCC=C(C(=O)O)CCC3C12. The summed E-state index contributed by atoms with van der Waals surface area (Å²) in [6.07, 6.45) is 14.3. The molecule has 0 heterocycles. The fourth-order valence-electron chi connectivity index (χ4n) is 6.49. The van der Waals surface area contributed by atoms with Crippen LogP contribution in [0.15, 0.2) is 35.5 Å². The van der Waals surface area contributed by atoms with E-state index in [-0.39, 0.29) is 5.41 Å². The van der Waals surface area contributed by atoms with Crippen molar-refractivity contribution in [1.29, 1.82) is 0 Å². The third-order valence-electron chi connectivity index (χ3n) is 8.34. The van der Waals surface area contributed by atoms with Gasteiger partial charge in [0.25, 0.3) is 0 Å². The van der Waals surface area contributed by atoms with Gasteiger partial charge >= 0.3 is 5.97 Å². The zero-order chi connectivity index (χ0) is 19.8. The standard InChI is InChI=1S/C25H38O2/c1-17(2)20-12-14-25(5)16-15-24(4)13-11-18(3)7-6-8-19(23(26)27)9-10-21(24)22(20)25/h8,11,20-22H,1,6-7,9-10,12-16H2,2-5H3,(H,26,27). The Labute approximate surface area is 165 Å². The molecule has 0 aromatic heterocycles. The van der Waals surface area contributed by atoms with Crippen LogP contribution in [-0.2, 0) is 4.79 Å². The molecule has 2 nitrogen and oxygen atoms in total. The Bertz CT molecular complexity index is 670. The second-order valence-electron chi connectivity index (χ2n) is 10.3.